The molecule has 0 aliphatic carbocycles. The number of nitrogens with one attached hydrogen (secondary N) is 1. The van der Waals surface area contributed by atoms with Crippen molar-refractivity contribution >= 4 is 34.0 Å². The molecule has 3 aromatic carbocycles. The summed E-state index contributed by atoms with van der Waals surface area (Å²) in [5, 5.41) is 6.04. The number of methoxy groups -OCH3 is 1. The van der Waals surface area contributed by atoms with Crippen molar-refractivity contribution in [3.8, 4) is 5.75 Å². The second kappa shape index (κ2) is 9.28. The van der Waals surface area contributed by atoms with Crippen molar-refractivity contribution in [3.63, 3.8) is 0 Å². The number of esters is 1. The number of benzene rings is 3. The van der Waals surface area contributed by atoms with E-state index in [4.69, 9.17) is 21.1 Å². The van der Waals surface area contributed by atoms with E-state index in [1.165, 1.54) is 12.5 Å². The molecule has 3 aromatic rings. The molecule has 27 heavy (non-hydrogen) atoms. The molecule has 0 atom stereocenters. The van der Waals surface area contributed by atoms with Gasteiger partial charge >= 0.3 is 5.97 Å². The zero-order valence-electron chi connectivity index (χ0n) is 15.2. The number of carbonyl (C=O) groups excluding carboxylic acids is 1. The Balaban J connectivity index is 1.50. The third-order valence-electron chi connectivity index (χ3n) is 4.30. The minimum atomic E-state index is -0.403. The van der Waals surface area contributed by atoms with Gasteiger partial charge in [0.25, 0.3) is 0 Å². The standard InChI is InChI=1S/C22H22ClNO3/c1-26-22(25)18-11-7-12-19(23)21(18)24-14-4-5-15-27-20-13-6-9-16-8-2-3-10-17(16)20/h2-3,6-13,24H,4-5,14-15H2,1H3. The fourth-order valence-corrected chi connectivity index (χ4v) is 3.17. The van der Waals surface area contributed by atoms with E-state index in [1.807, 2.05) is 24.3 Å². The van der Waals surface area contributed by atoms with E-state index in [0.29, 0.717) is 29.4 Å². The highest BCUT2D eigenvalue weighted by Crippen LogP contribution is 2.27. The Morgan fingerprint density at radius 3 is 2.63 bits per heavy atom. The van der Waals surface area contributed by atoms with Crippen molar-refractivity contribution in [2.75, 3.05) is 25.6 Å². The molecule has 0 bridgehead atoms. The predicted octanol–water partition coefficient (Wildman–Crippen LogP) is 5.55. The topological polar surface area (TPSA) is 47.6 Å². The van der Waals surface area contributed by atoms with Crippen LogP contribution in [0.25, 0.3) is 10.8 Å². The summed E-state index contributed by atoms with van der Waals surface area (Å²) in [6.45, 7) is 1.31. The van der Waals surface area contributed by atoms with Gasteiger partial charge in [0.05, 0.1) is 30.0 Å². The molecule has 0 saturated heterocycles. The van der Waals surface area contributed by atoms with E-state index in [2.05, 4.69) is 23.5 Å². The van der Waals surface area contributed by atoms with Crippen LogP contribution in [-0.2, 0) is 4.74 Å². The lowest BCUT2D eigenvalue weighted by Crippen LogP contribution is -2.10. The van der Waals surface area contributed by atoms with Gasteiger partial charge in [0.2, 0.25) is 0 Å². The molecule has 4 nitrogen and oxygen atoms in total. The Kier molecular flexibility index (Phi) is 6.55. The number of halogens is 1. The van der Waals surface area contributed by atoms with Crippen LogP contribution in [0.2, 0.25) is 5.02 Å². The Bertz CT molecular complexity index is 921. The van der Waals surface area contributed by atoms with Gasteiger partial charge in [-0.25, -0.2) is 4.79 Å². The maximum atomic E-state index is 11.8. The number of hydrogen-bond donors (Lipinski definition) is 1. The number of ether oxygens (including phenoxy) is 2. The summed E-state index contributed by atoms with van der Waals surface area (Å²) in [6.07, 6.45) is 1.77. The molecule has 0 radical (unpaired) electrons. The van der Waals surface area contributed by atoms with Crippen LogP contribution in [0.5, 0.6) is 5.75 Å². The third kappa shape index (κ3) is 4.72. The largest absolute Gasteiger partial charge is 0.493 e. The quantitative estimate of drug-likeness (QED) is 0.409. The van der Waals surface area contributed by atoms with Gasteiger partial charge in [0.15, 0.2) is 0 Å². The molecule has 0 unspecified atom stereocenters. The fraction of sp³-hybridized carbons (Fsp3) is 0.227. The number of carbonyl (C=O) groups is 1. The molecular weight excluding hydrogens is 362 g/mol. The minimum Gasteiger partial charge on any atom is -0.493 e. The zero-order valence-corrected chi connectivity index (χ0v) is 16.0. The van der Waals surface area contributed by atoms with E-state index in [-0.39, 0.29) is 0 Å². The first-order valence-electron chi connectivity index (χ1n) is 8.92. The Morgan fingerprint density at radius 1 is 1.00 bits per heavy atom. The fourth-order valence-electron chi connectivity index (χ4n) is 2.93. The van der Waals surface area contributed by atoms with E-state index in [9.17, 15) is 4.79 Å². The van der Waals surface area contributed by atoms with E-state index in [0.717, 1.165) is 24.0 Å². The normalized spacial score (nSPS) is 10.6. The first kappa shape index (κ1) is 19.1. The van der Waals surface area contributed by atoms with Gasteiger partial charge in [0.1, 0.15) is 5.75 Å². The second-order valence-corrected chi connectivity index (χ2v) is 6.52. The van der Waals surface area contributed by atoms with Crippen LogP contribution in [0.1, 0.15) is 23.2 Å². The maximum absolute atomic E-state index is 11.8. The van der Waals surface area contributed by atoms with Crippen LogP contribution < -0.4 is 10.1 Å². The van der Waals surface area contributed by atoms with Crippen LogP contribution in [0, 0.1) is 0 Å². The zero-order chi connectivity index (χ0) is 19.1. The van der Waals surface area contributed by atoms with Crippen LogP contribution >= 0.6 is 11.6 Å². The Hall–Kier alpha value is -2.72. The summed E-state index contributed by atoms with van der Waals surface area (Å²) >= 11 is 6.21. The smallest absolute Gasteiger partial charge is 0.340 e. The highest BCUT2D eigenvalue weighted by Gasteiger charge is 2.14. The molecule has 0 amide bonds. The van der Waals surface area contributed by atoms with E-state index < -0.39 is 5.97 Å². The molecule has 0 aliphatic rings. The minimum absolute atomic E-state index is 0.403. The number of hydrogen-bond acceptors (Lipinski definition) is 4. The van der Waals surface area contributed by atoms with Gasteiger partial charge in [-0.2, -0.15) is 0 Å². The average Bonchev–Trinajstić information content (AvgIpc) is 2.71. The van der Waals surface area contributed by atoms with Crippen molar-refractivity contribution < 1.29 is 14.3 Å². The summed E-state index contributed by atoms with van der Waals surface area (Å²) in [6, 6.07) is 19.4. The summed E-state index contributed by atoms with van der Waals surface area (Å²) in [4.78, 5) is 11.8. The van der Waals surface area contributed by atoms with Crippen LogP contribution in [-0.4, -0.2) is 26.2 Å². The number of fused-ring (bicyclic) bond motifs is 1. The molecule has 0 spiro atoms. The van der Waals surface area contributed by atoms with Gasteiger partial charge < -0.3 is 14.8 Å². The number of rotatable bonds is 8. The lowest BCUT2D eigenvalue weighted by molar-refractivity contribution is 0.0602. The monoisotopic (exact) mass is 383 g/mol. The molecule has 5 heteroatoms. The lowest BCUT2D eigenvalue weighted by Gasteiger charge is -2.13. The molecule has 0 aromatic heterocycles. The molecule has 140 valence electrons. The lowest BCUT2D eigenvalue weighted by atomic mass is 10.1. The first-order chi connectivity index (χ1) is 13.2. The molecular formula is C22H22ClNO3. The van der Waals surface area contributed by atoms with E-state index in [1.54, 1.807) is 18.2 Å². The highest BCUT2D eigenvalue weighted by molar-refractivity contribution is 6.34. The van der Waals surface area contributed by atoms with Crippen molar-refractivity contribution in [2.24, 2.45) is 0 Å². The van der Waals surface area contributed by atoms with Crippen molar-refractivity contribution in [1.29, 1.82) is 0 Å². The van der Waals surface area contributed by atoms with Gasteiger partial charge in [-0.15, -0.1) is 0 Å². The van der Waals surface area contributed by atoms with Crippen LogP contribution in [0.3, 0.4) is 0 Å². The van der Waals surface area contributed by atoms with Gasteiger partial charge in [0, 0.05) is 11.9 Å². The highest BCUT2D eigenvalue weighted by atomic mass is 35.5. The summed E-state index contributed by atoms with van der Waals surface area (Å²) in [7, 11) is 1.36. The van der Waals surface area contributed by atoms with Gasteiger partial charge in [-0.3, -0.25) is 0 Å². The molecule has 1 N–H and O–H groups in total. The van der Waals surface area contributed by atoms with Crippen LogP contribution in [0.4, 0.5) is 5.69 Å². The van der Waals surface area contributed by atoms with Gasteiger partial charge in [-0.1, -0.05) is 54.1 Å². The summed E-state index contributed by atoms with van der Waals surface area (Å²) in [5.41, 5.74) is 1.05. The van der Waals surface area contributed by atoms with Crippen molar-refractivity contribution in [3.05, 3.63) is 71.2 Å². The molecule has 0 aliphatic heterocycles. The third-order valence-corrected chi connectivity index (χ3v) is 4.61. The maximum Gasteiger partial charge on any atom is 0.340 e. The second-order valence-electron chi connectivity index (χ2n) is 6.11. The van der Waals surface area contributed by atoms with E-state index >= 15 is 0 Å². The molecule has 0 fully saturated rings. The first-order valence-corrected chi connectivity index (χ1v) is 9.30. The Labute approximate surface area is 164 Å². The molecule has 0 saturated carbocycles. The SMILES string of the molecule is COC(=O)c1cccc(Cl)c1NCCCCOc1cccc2ccccc12. The van der Waals surface area contributed by atoms with Crippen molar-refractivity contribution in [1.82, 2.24) is 0 Å². The number of para-hydroxylation sites is 1. The number of anilines is 1. The summed E-state index contributed by atoms with van der Waals surface area (Å²) < 4.78 is 10.8. The predicted molar refractivity (Wildman–Crippen MR) is 110 cm³/mol. The van der Waals surface area contributed by atoms with Crippen molar-refractivity contribution in [2.45, 2.75) is 12.8 Å². The summed E-state index contributed by atoms with van der Waals surface area (Å²) in [5.74, 6) is 0.499. The van der Waals surface area contributed by atoms with Crippen LogP contribution in [0.15, 0.2) is 60.7 Å². The Morgan fingerprint density at radius 2 is 1.78 bits per heavy atom. The number of unbranched alkanes of at least 4 members (excludes halogenated alkanes) is 1. The average molecular weight is 384 g/mol. The molecule has 0 heterocycles. The van der Waals surface area contributed by atoms with Gasteiger partial charge in [-0.05, 0) is 36.4 Å². The molecule has 3 rings (SSSR count).